The molecule has 0 aliphatic heterocycles. The van der Waals surface area contributed by atoms with E-state index in [1.54, 1.807) is 14.2 Å². The molecule has 0 bridgehead atoms. The molecule has 2 aliphatic carbocycles. The average molecular weight is 261 g/mol. The SMILES string of the molecule is COc1cc(C2(CN)CCC2)c(OC)c2c1CCC2. The molecule has 104 valence electrons. The van der Waals surface area contributed by atoms with Gasteiger partial charge >= 0.3 is 0 Å². The number of hydrogen-bond donors (Lipinski definition) is 1. The summed E-state index contributed by atoms with van der Waals surface area (Å²) >= 11 is 0. The summed E-state index contributed by atoms with van der Waals surface area (Å²) in [5.74, 6) is 2.11. The zero-order valence-corrected chi connectivity index (χ0v) is 11.9. The Balaban J connectivity index is 2.18. The predicted octanol–water partition coefficient (Wildman–Crippen LogP) is 2.57. The van der Waals surface area contributed by atoms with Crippen molar-refractivity contribution in [3.8, 4) is 11.5 Å². The van der Waals surface area contributed by atoms with Gasteiger partial charge in [0.1, 0.15) is 11.5 Å². The highest BCUT2D eigenvalue weighted by Gasteiger charge is 2.41. The summed E-state index contributed by atoms with van der Waals surface area (Å²) in [6, 6.07) is 2.19. The number of ether oxygens (including phenoxy) is 2. The molecule has 2 N–H and O–H groups in total. The molecular formula is C16H23NO2. The van der Waals surface area contributed by atoms with Gasteiger partial charge in [0, 0.05) is 28.7 Å². The molecule has 1 aromatic carbocycles. The van der Waals surface area contributed by atoms with Crippen LogP contribution in [-0.2, 0) is 18.3 Å². The van der Waals surface area contributed by atoms with E-state index in [1.807, 2.05) is 0 Å². The van der Waals surface area contributed by atoms with Crippen molar-refractivity contribution in [1.29, 1.82) is 0 Å². The number of rotatable bonds is 4. The summed E-state index contributed by atoms with van der Waals surface area (Å²) < 4.78 is 11.4. The highest BCUT2D eigenvalue weighted by Crippen LogP contribution is 2.51. The van der Waals surface area contributed by atoms with Crippen molar-refractivity contribution in [2.24, 2.45) is 5.73 Å². The van der Waals surface area contributed by atoms with Crippen LogP contribution in [0, 0.1) is 0 Å². The minimum absolute atomic E-state index is 0.121. The van der Waals surface area contributed by atoms with Gasteiger partial charge in [-0.05, 0) is 38.2 Å². The standard InChI is InChI=1S/C16H23NO2/c1-18-14-9-13(16(10-17)7-4-8-16)15(19-2)12-6-3-5-11(12)14/h9H,3-8,10,17H2,1-2H3. The van der Waals surface area contributed by atoms with Gasteiger partial charge in [-0.3, -0.25) is 0 Å². The molecule has 1 fully saturated rings. The number of benzene rings is 1. The normalized spacial score (nSPS) is 19.7. The van der Waals surface area contributed by atoms with E-state index in [2.05, 4.69) is 6.07 Å². The van der Waals surface area contributed by atoms with Crippen LogP contribution in [0.1, 0.15) is 42.4 Å². The minimum atomic E-state index is 0.121. The summed E-state index contributed by atoms with van der Waals surface area (Å²) in [7, 11) is 3.55. The molecule has 0 saturated heterocycles. The Morgan fingerprint density at radius 2 is 1.84 bits per heavy atom. The third-order valence-corrected chi connectivity index (χ3v) is 5.01. The van der Waals surface area contributed by atoms with E-state index in [4.69, 9.17) is 15.2 Å². The molecule has 0 radical (unpaired) electrons. The molecule has 1 aromatic rings. The lowest BCUT2D eigenvalue weighted by molar-refractivity contribution is 0.242. The van der Waals surface area contributed by atoms with Crippen molar-refractivity contribution >= 4 is 0 Å². The van der Waals surface area contributed by atoms with Crippen LogP contribution in [0.2, 0.25) is 0 Å². The topological polar surface area (TPSA) is 44.5 Å². The second-order valence-electron chi connectivity index (χ2n) is 5.81. The maximum absolute atomic E-state index is 6.06. The fraction of sp³-hybridized carbons (Fsp3) is 0.625. The van der Waals surface area contributed by atoms with Crippen molar-refractivity contribution in [1.82, 2.24) is 0 Å². The average Bonchev–Trinajstić information content (AvgIpc) is 2.86. The zero-order chi connectivity index (χ0) is 13.5. The minimum Gasteiger partial charge on any atom is -0.496 e. The molecule has 0 spiro atoms. The van der Waals surface area contributed by atoms with Gasteiger partial charge in [-0.15, -0.1) is 0 Å². The van der Waals surface area contributed by atoms with Crippen LogP contribution >= 0.6 is 0 Å². The van der Waals surface area contributed by atoms with Crippen LogP contribution in [0.4, 0.5) is 0 Å². The van der Waals surface area contributed by atoms with Gasteiger partial charge in [-0.25, -0.2) is 0 Å². The van der Waals surface area contributed by atoms with E-state index >= 15 is 0 Å². The third kappa shape index (κ3) is 1.75. The Hall–Kier alpha value is -1.22. The smallest absolute Gasteiger partial charge is 0.126 e. The molecule has 0 amide bonds. The molecule has 0 aromatic heterocycles. The van der Waals surface area contributed by atoms with Crippen molar-refractivity contribution < 1.29 is 9.47 Å². The van der Waals surface area contributed by atoms with Gasteiger partial charge in [0.25, 0.3) is 0 Å². The summed E-state index contributed by atoms with van der Waals surface area (Å²) in [4.78, 5) is 0. The molecule has 3 heteroatoms. The largest absolute Gasteiger partial charge is 0.496 e. The number of fused-ring (bicyclic) bond motifs is 1. The van der Waals surface area contributed by atoms with Crippen molar-refractivity contribution in [2.45, 2.75) is 43.9 Å². The highest BCUT2D eigenvalue weighted by atomic mass is 16.5. The maximum Gasteiger partial charge on any atom is 0.126 e. The summed E-state index contributed by atoms with van der Waals surface area (Å²) in [6.45, 7) is 0.700. The van der Waals surface area contributed by atoms with Crippen LogP contribution in [0.15, 0.2) is 6.07 Å². The van der Waals surface area contributed by atoms with Crippen LogP contribution < -0.4 is 15.2 Å². The van der Waals surface area contributed by atoms with Gasteiger partial charge in [0.05, 0.1) is 14.2 Å². The Morgan fingerprint density at radius 1 is 1.11 bits per heavy atom. The van der Waals surface area contributed by atoms with E-state index in [-0.39, 0.29) is 5.41 Å². The van der Waals surface area contributed by atoms with E-state index in [0.29, 0.717) is 6.54 Å². The molecule has 1 saturated carbocycles. The van der Waals surface area contributed by atoms with E-state index in [9.17, 15) is 0 Å². The molecule has 3 rings (SSSR count). The van der Waals surface area contributed by atoms with Crippen molar-refractivity contribution in [3.05, 3.63) is 22.8 Å². The van der Waals surface area contributed by atoms with Crippen LogP contribution in [0.25, 0.3) is 0 Å². The number of hydrogen-bond acceptors (Lipinski definition) is 3. The first-order chi connectivity index (χ1) is 9.25. The molecule has 2 aliphatic rings. The maximum atomic E-state index is 6.06. The van der Waals surface area contributed by atoms with Gasteiger partial charge in [0.2, 0.25) is 0 Å². The zero-order valence-electron chi connectivity index (χ0n) is 11.9. The van der Waals surface area contributed by atoms with E-state index < -0.39 is 0 Å². The molecule has 3 nitrogen and oxygen atoms in total. The first-order valence-corrected chi connectivity index (χ1v) is 7.23. The molecule has 19 heavy (non-hydrogen) atoms. The molecule has 0 atom stereocenters. The Labute approximate surface area is 115 Å². The first-order valence-electron chi connectivity index (χ1n) is 7.23. The Kier molecular flexibility index (Phi) is 3.17. The monoisotopic (exact) mass is 261 g/mol. The van der Waals surface area contributed by atoms with Crippen molar-refractivity contribution in [2.75, 3.05) is 20.8 Å². The molecule has 0 unspecified atom stereocenters. The summed E-state index contributed by atoms with van der Waals surface area (Å²) in [6.07, 6.45) is 7.00. The fourth-order valence-electron chi connectivity index (χ4n) is 3.71. The van der Waals surface area contributed by atoms with E-state index in [1.165, 1.54) is 42.4 Å². The second kappa shape index (κ2) is 4.71. The third-order valence-electron chi connectivity index (χ3n) is 5.01. The summed E-state index contributed by atoms with van der Waals surface area (Å²) in [5.41, 5.74) is 10.2. The molecular weight excluding hydrogens is 238 g/mol. The fourth-order valence-corrected chi connectivity index (χ4v) is 3.71. The Bertz CT molecular complexity index is 487. The Morgan fingerprint density at radius 3 is 2.37 bits per heavy atom. The van der Waals surface area contributed by atoms with Crippen LogP contribution in [-0.4, -0.2) is 20.8 Å². The number of nitrogens with two attached hydrogens (primary N) is 1. The number of methoxy groups -OCH3 is 2. The van der Waals surface area contributed by atoms with Gasteiger partial charge in [-0.2, -0.15) is 0 Å². The van der Waals surface area contributed by atoms with Crippen LogP contribution in [0.5, 0.6) is 11.5 Å². The second-order valence-corrected chi connectivity index (χ2v) is 5.81. The van der Waals surface area contributed by atoms with Gasteiger partial charge < -0.3 is 15.2 Å². The molecule has 0 heterocycles. The lowest BCUT2D eigenvalue weighted by Crippen LogP contribution is -2.42. The lowest BCUT2D eigenvalue weighted by Gasteiger charge is -2.42. The predicted molar refractivity (Wildman–Crippen MR) is 76.2 cm³/mol. The van der Waals surface area contributed by atoms with Crippen molar-refractivity contribution in [3.63, 3.8) is 0 Å². The lowest BCUT2D eigenvalue weighted by atomic mass is 9.64. The van der Waals surface area contributed by atoms with Crippen LogP contribution in [0.3, 0.4) is 0 Å². The quantitative estimate of drug-likeness (QED) is 0.906. The van der Waals surface area contributed by atoms with E-state index in [0.717, 1.165) is 24.3 Å². The van der Waals surface area contributed by atoms with Gasteiger partial charge in [0.15, 0.2) is 0 Å². The highest BCUT2D eigenvalue weighted by molar-refractivity contribution is 5.58. The summed E-state index contributed by atoms with van der Waals surface area (Å²) in [5, 5.41) is 0. The first kappa shape index (κ1) is 12.8. The van der Waals surface area contributed by atoms with Gasteiger partial charge in [-0.1, -0.05) is 6.42 Å².